The standard InChI is InChI=1S/C18H38N4.HI/c1-5-8-9-10-16(4)21-18(19-7-3)20-14-17-11-13-22(15-17)12-6-2;/h16-17H,5-15H2,1-4H3,(H2,19,20,21);1H. The molecule has 0 bridgehead atoms. The number of unbranched alkanes of at least 4 members (excludes halogenated alkanes) is 2. The first kappa shape index (κ1) is 23.0. The van der Waals surface area contributed by atoms with Gasteiger partial charge < -0.3 is 15.5 Å². The number of hydrogen-bond donors (Lipinski definition) is 2. The molecule has 0 aliphatic carbocycles. The van der Waals surface area contributed by atoms with Crippen molar-refractivity contribution >= 4 is 29.9 Å². The average molecular weight is 438 g/mol. The summed E-state index contributed by atoms with van der Waals surface area (Å²) in [6.45, 7) is 14.5. The summed E-state index contributed by atoms with van der Waals surface area (Å²) in [6.07, 6.45) is 7.71. The largest absolute Gasteiger partial charge is 0.357 e. The summed E-state index contributed by atoms with van der Waals surface area (Å²) < 4.78 is 0. The van der Waals surface area contributed by atoms with E-state index in [9.17, 15) is 0 Å². The molecule has 1 rings (SSSR count). The molecule has 23 heavy (non-hydrogen) atoms. The number of aliphatic imine (C=N–C) groups is 1. The summed E-state index contributed by atoms with van der Waals surface area (Å²) in [5.74, 6) is 1.73. The Labute approximate surface area is 161 Å². The molecule has 0 spiro atoms. The molecule has 0 radical (unpaired) electrons. The van der Waals surface area contributed by atoms with Crippen molar-refractivity contribution < 1.29 is 0 Å². The molecule has 5 heteroatoms. The molecule has 0 amide bonds. The average Bonchev–Trinajstić information content (AvgIpc) is 2.93. The van der Waals surface area contributed by atoms with Crippen molar-refractivity contribution in [2.75, 3.05) is 32.7 Å². The molecule has 1 heterocycles. The van der Waals surface area contributed by atoms with Crippen LogP contribution in [0.3, 0.4) is 0 Å². The van der Waals surface area contributed by atoms with E-state index in [4.69, 9.17) is 4.99 Å². The van der Waals surface area contributed by atoms with Gasteiger partial charge in [-0.15, -0.1) is 24.0 Å². The van der Waals surface area contributed by atoms with E-state index in [1.165, 1.54) is 58.2 Å². The van der Waals surface area contributed by atoms with Crippen molar-refractivity contribution in [2.24, 2.45) is 10.9 Å². The number of guanidine groups is 1. The molecule has 1 saturated heterocycles. The first-order chi connectivity index (χ1) is 10.7. The summed E-state index contributed by atoms with van der Waals surface area (Å²) in [6, 6.07) is 0.504. The van der Waals surface area contributed by atoms with E-state index >= 15 is 0 Å². The van der Waals surface area contributed by atoms with Crippen molar-refractivity contribution in [3.63, 3.8) is 0 Å². The fourth-order valence-electron chi connectivity index (χ4n) is 3.13. The Kier molecular flexibility index (Phi) is 14.3. The number of nitrogens with zero attached hydrogens (tertiary/aromatic N) is 2. The quantitative estimate of drug-likeness (QED) is 0.236. The van der Waals surface area contributed by atoms with Gasteiger partial charge >= 0.3 is 0 Å². The SMILES string of the molecule is CCCCCC(C)NC(=NCC1CCN(CCC)C1)NCC.I. The van der Waals surface area contributed by atoms with Crippen molar-refractivity contribution in [1.82, 2.24) is 15.5 Å². The maximum Gasteiger partial charge on any atom is 0.191 e. The highest BCUT2D eigenvalue weighted by Gasteiger charge is 2.21. The fourth-order valence-corrected chi connectivity index (χ4v) is 3.13. The molecule has 0 saturated carbocycles. The lowest BCUT2D eigenvalue weighted by molar-refractivity contribution is 0.326. The number of halogens is 1. The molecule has 2 atom stereocenters. The Hall–Kier alpha value is -0.0400. The van der Waals surface area contributed by atoms with Crippen LogP contribution in [0.4, 0.5) is 0 Å². The van der Waals surface area contributed by atoms with Gasteiger partial charge in [0.25, 0.3) is 0 Å². The lowest BCUT2D eigenvalue weighted by atomic mass is 10.1. The summed E-state index contributed by atoms with van der Waals surface area (Å²) in [7, 11) is 0. The zero-order valence-electron chi connectivity index (χ0n) is 15.7. The van der Waals surface area contributed by atoms with Crippen molar-refractivity contribution in [3.8, 4) is 0 Å². The molecule has 2 unspecified atom stereocenters. The van der Waals surface area contributed by atoms with Crippen molar-refractivity contribution in [1.29, 1.82) is 0 Å². The van der Waals surface area contributed by atoms with Gasteiger partial charge in [-0.25, -0.2) is 0 Å². The Bertz CT molecular complexity index is 309. The van der Waals surface area contributed by atoms with Gasteiger partial charge in [-0.3, -0.25) is 4.99 Å². The highest BCUT2D eigenvalue weighted by Crippen LogP contribution is 2.16. The topological polar surface area (TPSA) is 39.7 Å². The summed E-state index contributed by atoms with van der Waals surface area (Å²) in [5.41, 5.74) is 0. The summed E-state index contributed by atoms with van der Waals surface area (Å²) >= 11 is 0. The highest BCUT2D eigenvalue weighted by atomic mass is 127. The molecule has 4 nitrogen and oxygen atoms in total. The molecule has 0 aromatic rings. The van der Waals surface area contributed by atoms with E-state index in [0.717, 1.165) is 25.0 Å². The minimum atomic E-state index is 0. The zero-order valence-corrected chi connectivity index (χ0v) is 18.1. The number of nitrogens with one attached hydrogen (secondary N) is 2. The first-order valence-electron chi connectivity index (χ1n) is 9.46. The van der Waals surface area contributed by atoms with Crippen LogP contribution in [0.2, 0.25) is 0 Å². The Morgan fingerprint density at radius 2 is 2.00 bits per heavy atom. The van der Waals surface area contributed by atoms with Gasteiger partial charge in [0.15, 0.2) is 5.96 Å². The minimum Gasteiger partial charge on any atom is -0.357 e. The molecular weight excluding hydrogens is 399 g/mol. The highest BCUT2D eigenvalue weighted by molar-refractivity contribution is 14.0. The van der Waals surface area contributed by atoms with E-state index in [0.29, 0.717) is 6.04 Å². The monoisotopic (exact) mass is 438 g/mol. The first-order valence-corrected chi connectivity index (χ1v) is 9.46. The van der Waals surface area contributed by atoms with Gasteiger partial charge in [0.2, 0.25) is 0 Å². The van der Waals surface area contributed by atoms with Crippen LogP contribution in [0.1, 0.15) is 66.2 Å². The third-order valence-electron chi connectivity index (χ3n) is 4.39. The molecule has 0 aromatic carbocycles. The molecular formula is C18H39IN4. The van der Waals surface area contributed by atoms with Crippen molar-refractivity contribution in [2.45, 2.75) is 72.3 Å². The van der Waals surface area contributed by atoms with Crippen molar-refractivity contribution in [3.05, 3.63) is 0 Å². The molecule has 138 valence electrons. The number of rotatable bonds is 10. The molecule has 1 aliphatic rings. The Morgan fingerprint density at radius 1 is 1.22 bits per heavy atom. The van der Waals surface area contributed by atoms with E-state index < -0.39 is 0 Å². The van der Waals surface area contributed by atoms with Gasteiger partial charge in [0.05, 0.1) is 0 Å². The molecule has 1 fully saturated rings. The van der Waals surface area contributed by atoms with Crippen LogP contribution >= 0.6 is 24.0 Å². The molecule has 1 aliphatic heterocycles. The maximum atomic E-state index is 4.83. The second kappa shape index (κ2) is 14.3. The number of likely N-dealkylation sites (tertiary alicyclic amines) is 1. The van der Waals surface area contributed by atoms with Crippen LogP contribution in [0.25, 0.3) is 0 Å². The number of hydrogen-bond acceptors (Lipinski definition) is 2. The molecule has 0 aromatic heterocycles. The van der Waals surface area contributed by atoms with Gasteiger partial charge in [-0.2, -0.15) is 0 Å². The predicted octanol–water partition coefficient (Wildman–Crippen LogP) is 3.86. The predicted molar refractivity (Wildman–Crippen MR) is 113 cm³/mol. The fraction of sp³-hybridized carbons (Fsp3) is 0.944. The van der Waals surface area contributed by atoms with Crippen LogP contribution in [0.5, 0.6) is 0 Å². The second-order valence-corrected chi connectivity index (χ2v) is 6.72. The van der Waals surface area contributed by atoms with Crippen LogP contribution in [0.15, 0.2) is 4.99 Å². The second-order valence-electron chi connectivity index (χ2n) is 6.72. The Morgan fingerprint density at radius 3 is 2.65 bits per heavy atom. The Balaban J connectivity index is 0.00000484. The normalized spacial score (nSPS) is 20.2. The van der Waals surface area contributed by atoms with E-state index in [2.05, 4.69) is 43.2 Å². The van der Waals surface area contributed by atoms with Crippen LogP contribution in [0, 0.1) is 5.92 Å². The maximum absolute atomic E-state index is 4.83. The summed E-state index contributed by atoms with van der Waals surface area (Å²) in [5, 5.41) is 6.95. The minimum absolute atomic E-state index is 0. The zero-order chi connectivity index (χ0) is 16.2. The third-order valence-corrected chi connectivity index (χ3v) is 4.39. The van der Waals surface area contributed by atoms with Crippen LogP contribution < -0.4 is 10.6 Å². The summed E-state index contributed by atoms with van der Waals surface area (Å²) in [4.78, 5) is 7.40. The van der Waals surface area contributed by atoms with Gasteiger partial charge in [0.1, 0.15) is 0 Å². The smallest absolute Gasteiger partial charge is 0.191 e. The van der Waals surface area contributed by atoms with Crippen LogP contribution in [-0.4, -0.2) is 49.6 Å². The lowest BCUT2D eigenvalue weighted by Gasteiger charge is -2.18. The van der Waals surface area contributed by atoms with Gasteiger partial charge in [-0.05, 0) is 52.1 Å². The molecule has 2 N–H and O–H groups in total. The van der Waals surface area contributed by atoms with E-state index in [-0.39, 0.29) is 24.0 Å². The lowest BCUT2D eigenvalue weighted by Crippen LogP contribution is -2.42. The van der Waals surface area contributed by atoms with Gasteiger partial charge in [0, 0.05) is 25.7 Å². The van der Waals surface area contributed by atoms with E-state index in [1.807, 2.05) is 0 Å². The van der Waals surface area contributed by atoms with E-state index in [1.54, 1.807) is 0 Å². The third kappa shape index (κ3) is 10.4. The van der Waals surface area contributed by atoms with Gasteiger partial charge in [-0.1, -0.05) is 33.1 Å². The van der Waals surface area contributed by atoms with Crippen LogP contribution in [-0.2, 0) is 0 Å².